The van der Waals surface area contributed by atoms with Gasteiger partial charge in [-0.25, -0.2) is 0 Å². The van der Waals surface area contributed by atoms with Crippen molar-refractivity contribution < 1.29 is 0 Å². The fraction of sp³-hybridized carbons (Fsp3) is 0.905. The molecule has 2 nitrogen and oxygen atoms in total. The smallest absolute Gasteiger partial charge is 0.100 e. The van der Waals surface area contributed by atoms with Crippen LogP contribution in [0, 0.1) is 0 Å². The molecule has 1 aliphatic rings. The Morgan fingerprint density at radius 2 is 1.17 bits per heavy atom. The van der Waals surface area contributed by atoms with Gasteiger partial charge in [-0.05, 0) is 19.3 Å². The molecule has 0 saturated carbocycles. The summed E-state index contributed by atoms with van der Waals surface area (Å²) in [7, 11) is 2.24. The molecule has 1 aliphatic heterocycles. The van der Waals surface area contributed by atoms with Gasteiger partial charge in [0.15, 0.2) is 0 Å². The Hall–Kier alpha value is -0.660. The largest absolute Gasteiger partial charge is 0.359 e. The van der Waals surface area contributed by atoms with E-state index in [2.05, 4.69) is 43.1 Å². The fourth-order valence-corrected chi connectivity index (χ4v) is 3.58. The van der Waals surface area contributed by atoms with E-state index < -0.39 is 0 Å². The molecule has 1 heterocycles. The lowest BCUT2D eigenvalue weighted by Gasteiger charge is -2.30. The molecule has 1 atom stereocenters. The minimum atomic E-state index is 0.626. The maximum atomic E-state index is 2.58. The van der Waals surface area contributed by atoms with Gasteiger partial charge in [0.05, 0.1) is 0 Å². The van der Waals surface area contributed by atoms with E-state index in [0.717, 1.165) is 0 Å². The second-order valence-corrected chi connectivity index (χ2v) is 7.36. The van der Waals surface area contributed by atoms with Gasteiger partial charge in [0, 0.05) is 26.0 Å². The van der Waals surface area contributed by atoms with Crippen LogP contribution in [0.4, 0.5) is 0 Å². The molecule has 0 aliphatic carbocycles. The van der Waals surface area contributed by atoms with Crippen LogP contribution in [0.25, 0.3) is 0 Å². The zero-order chi connectivity index (χ0) is 16.8. The van der Waals surface area contributed by atoms with E-state index in [0.29, 0.717) is 6.17 Å². The summed E-state index contributed by atoms with van der Waals surface area (Å²) in [6.45, 7) is 5.83. The molecule has 0 saturated heterocycles. The van der Waals surface area contributed by atoms with Crippen molar-refractivity contribution in [1.29, 1.82) is 0 Å². The Morgan fingerprint density at radius 3 is 1.78 bits per heavy atom. The van der Waals surface area contributed by atoms with Crippen LogP contribution in [0.5, 0.6) is 0 Å². The predicted molar refractivity (Wildman–Crippen MR) is 103 cm³/mol. The Labute approximate surface area is 146 Å². The van der Waals surface area contributed by atoms with Gasteiger partial charge in [0.1, 0.15) is 6.17 Å². The monoisotopic (exact) mass is 322 g/mol. The molecule has 0 aromatic rings. The summed E-state index contributed by atoms with van der Waals surface area (Å²) in [4.78, 5) is 4.99. The van der Waals surface area contributed by atoms with Crippen molar-refractivity contribution in [2.45, 2.75) is 110 Å². The minimum Gasteiger partial charge on any atom is -0.359 e. The number of rotatable bonds is 15. The van der Waals surface area contributed by atoms with Crippen molar-refractivity contribution in [1.82, 2.24) is 9.80 Å². The highest BCUT2D eigenvalue weighted by Gasteiger charge is 2.22. The summed E-state index contributed by atoms with van der Waals surface area (Å²) in [5.41, 5.74) is 0. The second-order valence-electron chi connectivity index (χ2n) is 7.36. The van der Waals surface area contributed by atoms with Crippen LogP contribution in [0.15, 0.2) is 12.4 Å². The molecule has 136 valence electrons. The molecule has 0 N–H and O–H groups in total. The highest BCUT2D eigenvalue weighted by molar-refractivity contribution is 4.95. The maximum Gasteiger partial charge on any atom is 0.100 e. The molecule has 0 amide bonds. The lowest BCUT2D eigenvalue weighted by atomic mass is 10.1. The van der Waals surface area contributed by atoms with E-state index in [1.165, 1.54) is 96.4 Å². The topological polar surface area (TPSA) is 6.48 Å². The number of nitrogens with zero attached hydrogens (tertiary/aromatic N) is 2. The van der Waals surface area contributed by atoms with Crippen molar-refractivity contribution in [2.24, 2.45) is 0 Å². The molecule has 1 unspecified atom stereocenters. The first kappa shape index (κ1) is 20.4. The third kappa shape index (κ3) is 9.27. The zero-order valence-corrected chi connectivity index (χ0v) is 16.2. The van der Waals surface area contributed by atoms with Gasteiger partial charge < -0.3 is 9.80 Å². The normalized spacial score (nSPS) is 17.4. The molecular formula is C21H42N2. The Kier molecular flexibility index (Phi) is 12.2. The summed E-state index contributed by atoms with van der Waals surface area (Å²) in [5, 5.41) is 0. The third-order valence-electron chi connectivity index (χ3n) is 5.18. The first-order valence-corrected chi connectivity index (χ1v) is 10.5. The van der Waals surface area contributed by atoms with Crippen molar-refractivity contribution in [2.75, 3.05) is 13.6 Å². The predicted octanol–water partition coefficient (Wildman–Crippen LogP) is 6.53. The quantitative estimate of drug-likeness (QED) is 0.316. The van der Waals surface area contributed by atoms with Crippen molar-refractivity contribution in [3.8, 4) is 0 Å². The van der Waals surface area contributed by atoms with Crippen LogP contribution in [0.1, 0.15) is 104 Å². The van der Waals surface area contributed by atoms with E-state index >= 15 is 0 Å². The van der Waals surface area contributed by atoms with Crippen molar-refractivity contribution >= 4 is 0 Å². The molecule has 0 spiro atoms. The lowest BCUT2D eigenvalue weighted by molar-refractivity contribution is 0.159. The maximum absolute atomic E-state index is 2.58. The second kappa shape index (κ2) is 13.7. The van der Waals surface area contributed by atoms with E-state index in [1.807, 2.05) is 0 Å². The average Bonchev–Trinajstić information content (AvgIpc) is 2.90. The molecule has 2 heteroatoms. The highest BCUT2D eigenvalue weighted by atomic mass is 15.4. The van der Waals surface area contributed by atoms with Gasteiger partial charge in [0.2, 0.25) is 0 Å². The molecule has 0 bridgehead atoms. The molecular weight excluding hydrogens is 280 g/mol. The molecule has 0 radical (unpaired) electrons. The van der Waals surface area contributed by atoms with E-state index in [4.69, 9.17) is 0 Å². The third-order valence-corrected chi connectivity index (χ3v) is 5.18. The van der Waals surface area contributed by atoms with Crippen molar-refractivity contribution in [3.05, 3.63) is 12.4 Å². The van der Waals surface area contributed by atoms with Gasteiger partial charge in [-0.3, -0.25) is 0 Å². The standard InChI is InChI=1S/C21H42N2/c1-4-6-8-10-12-14-16-18-23-20-19-22(3)21(23)17-15-13-11-9-7-5-2/h19-21H,4-18H2,1-3H3. The molecule has 0 aromatic carbocycles. The Bertz CT molecular complexity index is 288. The first-order valence-electron chi connectivity index (χ1n) is 10.5. The van der Waals surface area contributed by atoms with Crippen LogP contribution < -0.4 is 0 Å². The van der Waals surface area contributed by atoms with Gasteiger partial charge in [0.25, 0.3) is 0 Å². The number of hydrogen-bond donors (Lipinski definition) is 0. The van der Waals surface area contributed by atoms with E-state index in [-0.39, 0.29) is 0 Å². The number of unbranched alkanes of at least 4 members (excludes halogenated alkanes) is 11. The van der Waals surface area contributed by atoms with E-state index in [1.54, 1.807) is 0 Å². The fourth-order valence-electron chi connectivity index (χ4n) is 3.58. The average molecular weight is 323 g/mol. The Balaban J connectivity index is 2.07. The lowest BCUT2D eigenvalue weighted by Crippen LogP contribution is -2.37. The van der Waals surface area contributed by atoms with E-state index in [9.17, 15) is 0 Å². The highest BCUT2D eigenvalue weighted by Crippen LogP contribution is 2.21. The molecule has 23 heavy (non-hydrogen) atoms. The summed E-state index contributed by atoms with van der Waals surface area (Å²) in [5.74, 6) is 0. The summed E-state index contributed by atoms with van der Waals surface area (Å²) in [6, 6.07) is 0. The van der Waals surface area contributed by atoms with Crippen LogP contribution >= 0.6 is 0 Å². The summed E-state index contributed by atoms with van der Waals surface area (Å²) < 4.78 is 0. The van der Waals surface area contributed by atoms with Crippen molar-refractivity contribution in [3.63, 3.8) is 0 Å². The van der Waals surface area contributed by atoms with Gasteiger partial charge >= 0.3 is 0 Å². The first-order chi connectivity index (χ1) is 11.3. The molecule has 0 aromatic heterocycles. The van der Waals surface area contributed by atoms with Crippen LogP contribution in [-0.4, -0.2) is 29.6 Å². The SMILES string of the molecule is CCCCCCCCCN1C=CN(C)C1CCCCCCCC. The Morgan fingerprint density at radius 1 is 0.652 bits per heavy atom. The van der Waals surface area contributed by atoms with Crippen LogP contribution in [-0.2, 0) is 0 Å². The molecule has 1 rings (SSSR count). The minimum absolute atomic E-state index is 0.626. The summed E-state index contributed by atoms with van der Waals surface area (Å²) >= 11 is 0. The molecule has 0 fully saturated rings. The summed E-state index contributed by atoms with van der Waals surface area (Å²) in [6.07, 6.45) is 24.8. The zero-order valence-electron chi connectivity index (χ0n) is 16.2. The van der Waals surface area contributed by atoms with Crippen LogP contribution in [0.3, 0.4) is 0 Å². The van der Waals surface area contributed by atoms with Gasteiger partial charge in [-0.15, -0.1) is 0 Å². The van der Waals surface area contributed by atoms with Gasteiger partial charge in [-0.2, -0.15) is 0 Å². The number of hydrogen-bond acceptors (Lipinski definition) is 2. The van der Waals surface area contributed by atoms with Gasteiger partial charge in [-0.1, -0.05) is 84.5 Å². The van der Waals surface area contributed by atoms with Crippen LogP contribution in [0.2, 0.25) is 0 Å².